The third-order valence-electron chi connectivity index (χ3n) is 2.41. The summed E-state index contributed by atoms with van der Waals surface area (Å²) in [5.74, 6) is 0.624. The smallest absolute Gasteiger partial charge is 0.372 e. The lowest BCUT2D eigenvalue weighted by Gasteiger charge is -2.10. The van der Waals surface area contributed by atoms with Crippen LogP contribution in [0.4, 0.5) is 11.5 Å². The van der Waals surface area contributed by atoms with Crippen LogP contribution in [0.2, 0.25) is 0 Å². The molecule has 0 atom stereocenters. The first-order valence-electron chi connectivity index (χ1n) is 6.48. The molecule has 0 saturated carbocycles. The first kappa shape index (κ1) is 16.1. The largest absolute Gasteiger partial charge is 0.473 e. The maximum absolute atomic E-state index is 11.2. The Morgan fingerprint density at radius 2 is 2.10 bits per heavy atom. The normalized spacial score (nSPS) is 10.3. The van der Waals surface area contributed by atoms with Gasteiger partial charge in [0, 0.05) is 20.3 Å². The molecule has 1 heterocycles. The first-order chi connectivity index (χ1) is 9.60. The van der Waals surface area contributed by atoms with Crippen LogP contribution in [0.25, 0.3) is 0 Å². The van der Waals surface area contributed by atoms with Crippen LogP contribution in [0.5, 0.6) is 5.88 Å². The van der Waals surface area contributed by atoms with Crippen molar-refractivity contribution in [3.05, 3.63) is 15.9 Å². The van der Waals surface area contributed by atoms with E-state index >= 15 is 0 Å². The monoisotopic (exact) mass is 284 g/mol. The van der Waals surface area contributed by atoms with E-state index in [0.29, 0.717) is 25.6 Å². The number of methoxy groups -OCH3 is 1. The molecular formula is C12H20N4O4. The van der Waals surface area contributed by atoms with Gasteiger partial charge in [-0.05, 0) is 19.8 Å². The van der Waals surface area contributed by atoms with E-state index in [9.17, 15) is 10.1 Å². The molecule has 8 nitrogen and oxygen atoms in total. The second-order valence-electron chi connectivity index (χ2n) is 4.15. The van der Waals surface area contributed by atoms with Gasteiger partial charge in [-0.3, -0.25) is 10.1 Å². The summed E-state index contributed by atoms with van der Waals surface area (Å²) in [6, 6.07) is 0. The second kappa shape index (κ2) is 8.26. The zero-order valence-corrected chi connectivity index (χ0v) is 12.0. The standard InChI is InChI=1S/C12H20N4O4/c1-4-7-20-12-10(16(17)18)11(14-9(2)15-12)13-6-5-8-19-3/h4-8H2,1-3H3,(H,13,14,15). The summed E-state index contributed by atoms with van der Waals surface area (Å²) < 4.78 is 10.3. The lowest BCUT2D eigenvalue weighted by Crippen LogP contribution is -2.12. The molecule has 1 N–H and O–H groups in total. The van der Waals surface area contributed by atoms with Gasteiger partial charge in [0.05, 0.1) is 11.5 Å². The predicted molar refractivity (Wildman–Crippen MR) is 74.2 cm³/mol. The number of anilines is 1. The number of ether oxygens (including phenoxy) is 2. The minimum absolute atomic E-state index is 0.0126. The molecule has 0 fully saturated rings. The molecule has 0 unspecified atom stereocenters. The fourth-order valence-electron chi connectivity index (χ4n) is 1.55. The fourth-order valence-corrected chi connectivity index (χ4v) is 1.55. The van der Waals surface area contributed by atoms with Gasteiger partial charge >= 0.3 is 5.69 Å². The highest BCUT2D eigenvalue weighted by molar-refractivity contribution is 5.61. The van der Waals surface area contributed by atoms with E-state index in [1.165, 1.54) is 0 Å². The Kier molecular flexibility index (Phi) is 6.65. The van der Waals surface area contributed by atoms with Gasteiger partial charge in [-0.25, -0.2) is 4.98 Å². The Hall–Kier alpha value is -1.96. The van der Waals surface area contributed by atoms with Crippen LogP contribution in [0.3, 0.4) is 0 Å². The van der Waals surface area contributed by atoms with Crippen molar-refractivity contribution in [3.8, 4) is 5.88 Å². The highest BCUT2D eigenvalue weighted by Gasteiger charge is 2.25. The minimum Gasteiger partial charge on any atom is -0.473 e. The zero-order chi connectivity index (χ0) is 15.0. The molecule has 1 aromatic rings. The summed E-state index contributed by atoms with van der Waals surface area (Å²) in [5, 5.41) is 14.1. The molecule has 0 radical (unpaired) electrons. The van der Waals surface area contributed by atoms with Gasteiger partial charge in [0.25, 0.3) is 5.88 Å². The van der Waals surface area contributed by atoms with Crippen molar-refractivity contribution in [2.24, 2.45) is 0 Å². The molecule has 0 aliphatic carbocycles. The summed E-state index contributed by atoms with van der Waals surface area (Å²) in [6.45, 7) is 5.06. The van der Waals surface area contributed by atoms with Gasteiger partial charge in [0.15, 0.2) is 0 Å². The van der Waals surface area contributed by atoms with Crippen LogP contribution in [0, 0.1) is 17.0 Å². The Labute approximate surface area is 117 Å². The van der Waals surface area contributed by atoms with E-state index in [0.717, 1.165) is 12.8 Å². The van der Waals surface area contributed by atoms with Crippen molar-refractivity contribution in [1.29, 1.82) is 0 Å². The van der Waals surface area contributed by atoms with Crippen LogP contribution in [0.1, 0.15) is 25.6 Å². The van der Waals surface area contributed by atoms with Crippen LogP contribution in [-0.2, 0) is 4.74 Å². The summed E-state index contributed by atoms with van der Waals surface area (Å²) >= 11 is 0. The molecule has 1 rings (SSSR count). The quantitative estimate of drug-likeness (QED) is 0.420. The van der Waals surface area contributed by atoms with Crippen molar-refractivity contribution in [3.63, 3.8) is 0 Å². The predicted octanol–water partition coefficient (Wildman–Crippen LogP) is 1.93. The van der Waals surface area contributed by atoms with E-state index in [1.54, 1.807) is 14.0 Å². The topological polar surface area (TPSA) is 99.4 Å². The molecule has 112 valence electrons. The summed E-state index contributed by atoms with van der Waals surface area (Å²) in [6.07, 6.45) is 1.47. The van der Waals surface area contributed by atoms with E-state index in [1.807, 2.05) is 6.92 Å². The third-order valence-corrected chi connectivity index (χ3v) is 2.41. The molecule has 0 aliphatic heterocycles. The number of nitrogens with zero attached hydrogens (tertiary/aromatic N) is 3. The number of hydrogen-bond donors (Lipinski definition) is 1. The zero-order valence-electron chi connectivity index (χ0n) is 12.0. The van der Waals surface area contributed by atoms with E-state index in [4.69, 9.17) is 9.47 Å². The SMILES string of the molecule is CCCOc1nc(C)nc(NCCCOC)c1[N+](=O)[O-]. The second-order valence-corrected chi connectivity index (χ2v) is 4.15. The highest BCUT2D eigenvalue weighted by atomic mass is 16.6. The summed E-state index contributed by atoms with van der Waals surface area (Å²) in [5.41, 5.74) is -0.221. The lowest BCUT2D eigenvalue weighted by atomic mass is 10.4. The number of aromatic nitrogens is 2. The van der Waals surface area contributed by atoms with Gasteiger partial charge in [-0.2, -0.15) is 4.98 Å². The number of rotatable bonds is 9. The van der Waals surface area contributed by atoms with Crippen molar-refractivity contribution in [2.75, 3.05) is 32.2 Å². The van der Waals surface area contributed by atoms with Crippen molar-refractivity contribution >= 4 is 11.5 Å². The Morgan fingerprint density at radius 3 is 2.70 bits per heavy atom. The third kappa shape index (κ3) is 4.61. The molecule has 0 aliphatic rings. The highest BCUT2D eigenvalue weighted by Crippen LogP contribution is 2.31. The van der Waals surface area contributed by atoms with E-state index in [2.05, 4.69) is 15.3 Å². The fraction of sp³-hybridized carbons (Fsp3) is 0.667. The molecule has 1 aromatic heterocycles. The molecule has 0 amide bonds. The van der Waals surface area contributed by atoms with Gasteiger partial charge in [0.2, 0.25) is 5.82 Å². The first-order valence-corrected chi connectivity index (χ1v) is 6.48. The molecule has 0 bridgehead atoms. The van der Waals surface area contributed by atoms with Crippen LogP contribution >= 0.6 is 0 Å². The number of hydrogen-bond acceptors (Lipinski definition) is 7. The number of nitrogens with one attached hydrogen (secondary N) is 1. The van der Waals surface area contributed by atoms with Crippen molar-refractivity contribution in [1.82, 2.24) is 9.97 Å². The molecule has 0 spiro atoms. The van der Waals surface area contributed by atoms with Crippen molar-refractivity contribution < 1.29 is 14.4 Å². The Morgan fingerprint density at radius 1 is 1.35 bits per heavy atom. The Bertz CT molecular complexity index is 453. The molecular weight excluding hydrogens is 264 g/mol. The van der Waals surface area contributed by atoms with E-state index < -0.39 is 4.92 Å². The average Bonchev–Trinajstić information content (AvgIpc) is 2.40. The van der Waals surface area contributed by atoms with Crippen LogP contribution in [-0.4, -0.2) is 41.8 Å². The molecule has 0 aromatic carbocycles. The van der Waals surface area contributed by atoms with Crippen LogP contribution in [0.15, 0.2) is 0 Å². The average molecular weight is 284 g/mol. The van der Waals surface area contributed by atoms with Gasteiger partial charge in [-0.1, -0.05) is 6.92 Å². The summed E-state index contributed by atoms with van der Waals surface area (Å²) in [4.78, 5) is 18.7. The number of aryl methyl sites for hydroxylation is 1. The molecule has 0 saturated heterocycles. The van der Waals surface area contributed by atoms with Gasteiger partial charge in [0.1, 0.15) is 5.82 Å². The number of nitro groups is 1. The maximum atomic E-state index is 11.2. The molecule has 8 heteroatoms. The van der Waals surface area contributed by atoms with Gasteiger partial charge in [-0.15, -0.1) is 0 Å². The summed E-state index contributed by atoms with van der Waals surface area (Å²) in [7, 11) is 1.61. The lowest BCUT2D eigenvalue weighted by molar-refractivity contribution is -0.385. The van der Waals surface area contributed by atoms with Crippen molar-refractivity contribution in [2.45, 2.75) is 26.7 Å². The van der Waals surface area contributed by atoms with Gasteiger partial charge < -0.3 is 14.8 Å². The maximum Gasteiger partial charge on any atom is 0.372 e. The molecule has 20 heavy (non-hydrogen) atoms. The minimum atomic E-state index is -0.525. The Balaban J connectivity index is 2.95. The van der Waals surface area contributed by atoms with Crippen LogP contribution < -0.4 is 10.1 Å². The van der Waals surface area contributed by atoms with E-state index in [-0.39, 0.29) is 17.4 Å².